The second-order valence-corrected chi connectivity index (χ2v) is 6.03. The summed E-state index contributed by atoms with van der Waals surface area (Å²) in [7, 11) is 1.55. The standard InChI is InChI=1S/C19H21Cl2FO2/c1-12(9-10-23)5-8-17(22)13(2)6-7-15-16(20)11-18(24-4)14(3)19(15)21/h5-9,11,23H,10H2,1-4H3. The maximum atomic E-state index is 14.1. The summed E-state index contributed by atoms with van der Waals surface area (Å²) in [6.07, 6.45) is 7.83. The molecule has 0 fully saturated rings. The molecule has 5 heteroatoms. The van der Waals surface area contributed by atoms with Gasteiger partial charge in [0.05, 0.1) is 23.8 Å². The number of benzene rings is 1. The Balaban J connectivity index is 3.10. The van der Waals surface area contributed by atoms with Crippen LogP contribution >= 0.6 is 23.2 Å². The van der Waals surface area contributed by atoms with E-state index in [1.165, 1.54) is 6.08 Å². The fourth-order valence-corrected chi connectivity index (χ4v) is 2.48. The van der Waals surface area contributed by atoms with E-state index in [1.54, 1.807) is 51.3 Å². The Kier molecular flexibility index (Phi) is 8.26. The molecule has 24 heavy (non-hydrogen) atoms. The second-order valence-electron chi connectivity index (χ2n) is 5.24. The summed E-state index contributed by atoms with van der Waals surface area (Å²) >= 11 is 12.5. The van der Waals surface area contributed by atoms with Crippen molar-refractivity contribution in [3.8, 4) is 5.75 Å². The lowest BCUT2D eigenvalue weighted by Gasteiger charge is -2.10. The molecule has 1 rings (SSSR count). The molecular weight excluding hydrogens is 350 g/mol. The predicted molar refractivity (Wildman–Crippen MR) is 101 cm³/mol. The smallest absolute Gasteiger partial charge is 0.126 e. The SMILES string of the molecule is COc1cc(Cl)c(C=CC(C)=C(F)C=CC(C)=CCO)c(Cl)c1C. The molecule has 0 saturated heterocycles. The maximum Gasteiger partial charge on any atom is 0.126 e. The van der Waals surface area contributed by atoms with E-state index in [4.69, 9.17) is 33.0 Å². The Hall–Kier alpha value is -1.55. The summed E-state index contributed by atoms with van der Waals surface area (Å²) in [5.41, 5.74) is 2.60. The van der Waals surface area contributed by atoms with Crippen LogP contribution in [-0.4, -0.2) is 18.8 Å². The summed E-state index contributed by atoms with van der Waals surface area (Å²) in [6.45, 7) is 5.19. The first kappa shape index (κ1) is 20.5. The maximum absolute atomic E-state index is 14.1. The number of halogens is 3. The van der Waals surface area contributed by atoms with Gasteiger partial charge in [0.2, 0.25) is 0 Å². The Morgan fingerprint density at radius 3 is 2.50 bits per heavy atom. The van der Waals surface area contributed by atoms with Crippen molar-refractivity contribution >= 4 is 29.3 Å². The molecule has 0 saturated carbocycles. The molecule has 0 aliphatic heterocycles. The lowest BCUT2D eigenvalue weighted by molar-refractivity contribution is 0.342. The monoisotopic (exact) mass is 370 g/mol. The highest BCUT2D eigenvalue weighted by atomic mass is 35.5. The van der Waals surface area contributed by atoms with E-state index >= 15 is 0 Å². The Morgan fingerprint density at radius 2 is 1.92 bits per heavy atom. The first-order valence-electron chi connectivity index (χ1n) is 7.34. The van der Waals surface area contributed by atoms with Gasteiger partial charge >= 0.3 is 0 Å². The van der Waals surface area contributed by atoms with Gasteiger partial charge in [0, 0.05) is 11.1 Å². The third-order valence-electron chi connectivity index (χ3n) is 3.45. The Morgan fingerprint density at radius 1 is 1.25 bits per heavy atom. The minimum atomic E-state index is -0.380. The molecule has 0 unspecified atom stereocenters. The van der Waals surface area contributed by atoms with E-state index in [-0.39, 0.29) is 12.4 Å². The summed E-state index contributed by atoms with van der Waals surface area (Å²) < 4.78 is 19.3. The number of allylic oxidation sites excluding steroid dienone is 6. The normalized spacial score (nSPS) is 13.8. The molecule has 0 aliphatic rings. The average molecular weight is 371 g/mol. The number of hydrogen-bond donors (Lipinski definition) is 1. The number of methoxy groups -OCH3 is 1. The van der Waals surface area contributed by atoms with Gasteiger partial charge in [-0.25, -0.2) is 4.39 Å². The van der Waals surface area contributed by atoms with Gasteiger partial charge in [-0.3, -0.25) is 0 Å². The van der Waals surface area contributed by atoms with Crippen molar-refractivity contribution in [2.45, 2.75) is 20.8 Å². The van der Waals surface area contributed by atoms with E-state index < -0.39 is 0 Å². The van der Waals surface area contributed by atoms with Crippen LogP contribution < -0.4 is 4.74 Å². The molecular formula is C19H21Cl2FO2. The topological polar surface area (TPSA) is 29.5 Å². The Bertz CT molecular complexity index is 717. The molecule has 0 bridgehead atoms. The zero-order valence-electron chi connectivity index (χ0n) is 14.2. The van der Waals surface area contributed by atoms with Crippen molar-refractivity contribution < 1.29 is 14.2 Å². The number of hydrogen-bond acceptors (Lipinski definition) is 2. The lowest BCUT2D eigenvalue weighted by atomic mass is 10.1. The third-order valence-corrected chi connectivity index (χ3v) is 4.25. The molecule has 0 aliphatic carbocycles. The molecule has 1 N–H and O–H groups in total. The predicted octanol–water partition coefficient (Wildman–Crippen LogP) is 6.06. The van der Waals surface area contributed by atoms with Gasteiger partial charge in [-0.1, -0.05) is 53.1 Å². The van der Waals surface area contributed by atoms with E-state index in [0.29, 0.717) is 26.9 Å². The largest absolute Gasteiger partial charge is 0.496 e. The van der Waals surface area contributed by atoms with Crippen LogP contribution in [0.3, 0.4) is 0 Å². The summed E-state index contributed by atoms with van der Waals surface area (Å²) in [4.78, 5) is 0. The van der Waals surface area contributed by atoms with Crippen LogP contribution in [0.15, 0.2) is 47.3 Å². The average Bonchev–Trinajstić information content (AvgIpc) is 2.55. The van der Waals surface area contributed by atoms with Crippen LogP contribution in [-0.2, 0) is 0 Å². The van der Waals surface area contributed by atoms with Gasteiger partial charge < -0.3 is 9.84 Å². The van der Waals surface area contributed by atoms with Crippen molar-refractivity contribution in [3.05, 3.63) is 68.5 Å². The van der Waals surface area contributed by atoms with Gasteiger partial charge in [0.25, 0.3) is 0 Å². The molecule has 0 heterocycles. The van der Waals surface area contributed by atoms with Crippen molar-refractivity contribution in [1.82, 2.24) is 0 Å². The quantitative estimate of drug-likeness (QED) is 0.616. The van der Waals surface area contributed by atoms with Gasteiger partial charge in [-0.15, -0.1) is 0 Å². The van der Waals surface area contributed by atoms with Gasteiger partial charge in [-0.05, 0) is 38.5 Å². The van der Waals surface area contributed by atoms with Crippen molar-refractivity contribution in [1.29, 1.82) is 0 Å². The molecule has 0 radical (unpaired) electrons. The highest BCUT2D eigenvalue weighted by molar-refractivity contribution is 6.37. The van der Waals surface area contributed by atoms with E-state index in [0.717, 1.165) is 11.1 Å². The molecule has 130 valence electrons. The number of rotatable bonds is 6. The van der Waals surface area contributed by atoms with Crippen LogP contribution in [0.2, 0.25) is 10.0 Å². The summed E-state index contributed by atoms with van der Waals surface area (Å²) in [5, 5.41) is 9.68. The highest BCUT2D eigenvalue weighted by Gasteiger charge is 2.11. The van der Waals surface area contributed by atoms with Crippen LogP contribution in [0.1, 0.15) is 25.0 Å². The lowest BCUT2D eigenvalue weighted by Crippen LogP contribution is -1.91. The number of ether oxygens (including phenoxy) is 1. The number of aliphatic hydroxyl groups is 1. The highest BCUT2D eigenvalue weighted by Crippen LogP contribution is 2.35. The second kappa shape index (κ2) is 9.67. The van der Waals surface area contributed by atoms with E-state index in [1.807, 2.05) is 6.92 Å². The third kappa shape index (κ3) is 5.52. The fourth-order valence-electron chi connectivity index (χ4n) is 1.92. The van der Waals surface area contributed by atoms with Crippen LogP contribution in [0.4, 0.5) is 4.39 Å². The molecule has 0 spiro atoms. The van der Waals surface area contributed by atoms with Crippen LogP contribution in [0.5, 0.6) is 5.75 Å². The molecule has 0 aromatic heterocycles. The van der Waals surface area contributed by atoms with Crippen molar-refractivity contribution in [2.24, 2.45) is 0 Å². The van der Waals surface area contributed by atoms with Crippen LogP contribution in [0, 0.1) is 6.92 Å². The number of aliphatic hydroxyl groups excluding tert-OH is 1. The van der Waals surface area contributed by atoms with E-state index in [9.17, 15) is 4.39 Å². The first-order chi connectivity index (χ1) is 11.3. The zero-order valence-corrected chi connectivity index (χ0v) is 15.7. The fraction of sp³-hybridized carbons (Fsp3) is 0.263. The zero-order chi connectivity index (χ0) is 18.3. The molecule has 1 aromatic rings. The molecule has 2 nitrogen and oxygen atoms in total. The van der Waals surface area contributed by atoms with Crippen LogP contribution in [0.25, 0.3) is 6.08 Å². The minimum absolute atomic E-state index is 0.0752. The first-order valence-corrected chi connectivity index (χ1v) is 8.10. The summed E-state index contributed by atoms with van der Waals surface area (Å²) in [6, 6.07) is 1.68. The molecule has 0 amide bonds. The van der Waals surface area contributed by atoms with Crippen molar-refractivity contribution in [3.63, 3.8) is 0 Å². The van der Waals surface area contributed by atoms with E-state index in [2.05, 4.69) is 0 Å². The summed E-state index contributed by atoms with van der Waals surface area (Å²) in [5.74, 6) is 0.226. The molecule has 0 atom stereocenters. The minimum Gasteiger partial charge on any atom is -0.496 e. The van der Waals surface area contributed by atoms with Gasteiger partial charge in [-0.2, -0.15) is 0 Å². The van der Waals surface area contributed by atoms with Gasteiger partial charge in [0.15, 0.2) is 0 Å². The molecule has 1 aromatic carbocycles. The van der Waals surface area contributed by atoms with Crippen molar-refractivity contribution in [2.75, 3.05) is 13.7 Å². The van der Waals surface area contributed by atoms with Gasteiger partial charge in [0.1, 0.15) is 11.6 Å². The Labute approximate surface area is 152 Å².